The molecule has 3 aromatic rings. The van der Waals surface area contributed by atoms with E-state index < -0.39 is 5.82 Å². The van der Waals surface area contributed by atoms with E-state index in [-0.39, 0.29) is 16.0 Å². The Balaban J connectivity index is 1.94. The molecule has 1 heterocycles. The highest BCUT2D eigenvalue weighted by Crippen LogP contribution is 2.26. The van der Waals surface area contributed by atoms with Gasteiger partial charge in [-0.1, -0.05) is 34.8 Å². The third kappa shape index (κ3) is 3.59. The summed E-state index contributed by atoms with van der Waals surface area (Å²) in [7, 11) is 0. The third-order valence-corrected chi connectivity index (χ3v) is 4.22. The third-order valence-electron chi connectivity index (χ3n) is 3.38. The van der Waals surface area contributed by atoms with Crippen LogP contribution in [-0.4, -0.2) is 10.8 Å². The highest BCUT2D eigenvalue weighted by molar-refractivity contribution is 6.32. The van der Waals surface area contributed by atoms with Gasteiger partial charge in [0, 0.05) is 21.5 Å². The first kappa shape index (κ1) is 16.9. The minimum Gasteiger partial charge on any atom is -0.289 e. The van der Waals surface area contributed by atoms with Gasteiger partial charge in [0.25, 0.3) is 0 Å². The van der Waals surface area contributed by atoms with Gasteiger partial charge in [0.05, 0.1) is 10.5 Å². The van der Waals surface area contributed by atoms with E-state index in [0.29, 0.717) is 27.1 Å². The molecular formula is C18H9Cl3FNO. The smallest absolute Gasteiger partial charge is 0.185 e. The molecule has 0 bridgehead atoms. The van der Waals surface area contributed by atoms with Crippen molar-refractivity contribution in [3.05, 3.63) is 80.7 Å². The number of ketones is 1. The SMILES string of the molecule is O=C(C=Cc1cc2cc(F)c(Cl)cc2nc1Cl)c1ccc(Cl)cc1. The second-order valence-corrected chi connectivity index (χ2v) is 6.23. The molecule has 3 rings (SSSR count). The number of aromatic nitrogens is 1. The minimum absolute atomic E-state index is 0.0210. The van der Waals surface area contributed by atoms with E-state index in [9.17, 15) is 9.18 Å². The molecule has 0 atom stereocenters. The normalized spacial score (nSPS) is 11.3. The Morgan fingerprint density at radius 3 is 2.46 bits per heavy atom. The largest absolute Gasteiger partial charge is 0.289 e. The standard InChI is InChI=1S/C18H9Cl3FNO/c19-13-4-1-10(2-5-13)17(24)6-3-11-7-12-8-15(22)14(20)9-16(12)23-18(11)21/h1-9H. The van der Waals surface area contributed by atoms with Gasteiger partial charge in [0.15, 0.2) is 5.78 Å². The van der Waals surface area contributed by atoms with E-state index in [1.165, 1.54) is 24.3 Å². The number of hydrogen-bond donors (Lipinski definition) is 0. The molecular weight excluding hydrogens is 372 g/mol. The first-order valence-corrected chi connectivity index (χ1v) is 8.01. The molecule has 0 N–H and O–H groups in total. The average molecular weight is 381 g/mol. The van der Waals surface area contributed by atoms with E-state index in [1.54, 1.807) is 30.3 Å². The predicted octanol–water partition coefficient (Wildman–Crippen LogP) is 6.23. The van der Waals surface area contributed by atoms with Crippen molar-refractivity contribution in [3.8, 4) is 0 Å². The van der Waals surface area contributed by atoms with Crippen molar-refractivity contribution >= 4 is 57.6 Å². The number of pyridine rings is 1. The number of allylic oxidation sites excluding steroid dienone is 1. The maximum atomic E-state index is 13.6. The molecule has 0 unspecified atom stereocenters. The van der Waals surface area contributed by atoms with Crippen molar-refractivity contribution in [1.82, 2.24) is 4.98 Å². The average Bonchev–Trinajstić information content (AvgIpc) is 2.55. The van der Waals surface area contributed by atoms with Gasteiger partial charge < -0.3 is 0 Å². The summed E-state index contributed by atoms with van der Waals surface area (Å²) in [6.07, 6.45) is 2.92. The van der Waals surface area contributed by atoms with Crippen LogP contribution in [0.3, 0.4) is 0 Å². The Kier molecular flexibility index (Phi) is 4.86. The molecule has 6 heteroatoms. The van der Waals surface area contributed by atoms with E-state index in [1.807, 2.05) is 0 Å². The Morgan fingerprint density at radius 1 is 1.04 bits per heavy atom. The Bertz CT molecular complexity index is 968. The highest BCUT2D eigenvalue weighted by atomic mass is 35.5. The summed E-state index contributed by atoms with van der Waals surface area (Å²) >= 11 is 17.6. The van der Waals surface area contributed by atoms with Crippen LogP contribution in [0.2, 0.25) is 15.2 Å². The van der Waals surface area contributed by atoms with E-state index in [4.69, 9.17) is 34.8 Å². The Hall–Kier alpha value is -1.94. The molecule has 0 aliphatic carbocycles. The molecule has 120 valence electrons. The topological polar surface area (TPSA) is 30.0 Å². The number of fused-ring (bicyclic) bond motifs is 1. The van der Waals surface area contributed by atoms with Gasteiger partial charge >= 0.3 is 0 Å². The van der Waals surface area contributed by atoms with Gasteiger partial charge in [-0.2, -0.15) is 0 Å². The van der Waals surface area contributed by atoms with Crippen LogP contribution >= 0.6 is 34.8 Å². The fourth-order valence-corrected chi connectivity index (χ4v) is 2.65. The molecule has 0 amide bonds. The first-order chi connectivity index (χ1) is 11.4. The summed E-state index contributed by atoms with van der Waals surface area (Å²) in [5.41, 5.74) is 1.49. The lowest BCUT2D eigenvalue weighted by Crippen LogP contribution is -1.93. The predicted molar refractivity (Wildman–Crippen MR) is 96.5 cm³/mol. The first-order valence-electron chi connectivity index (χ1n) is 6.87. The summed E-state index contributed by atoms with van der Waals surface area (Å²) in [6, 6.07) is 10.9. The quantitative estimate of drug-likeness (QED) is 0.306. The number of halogens is 4. The maximum Gasteiger partial charge on any atom is 0.185 e. The van der Waals surface area contributed by atoms with Gasteiger partial charge in [0.1, 0.15) is 11.0 Å². The number of rotatable bonds is 3. The summed E-state index contributed by atoms with van der Waals surface area (Å²) in [5.74, 6) is -0.745. The molecule has 24 heavy (non-hydrogen) atoms. The monoisotopic (exact) mass is 379 g/mol. The summed E-state index contributed by atoms with van der Waals surface area (Å²) in [5, 5.41) is 1.27. The lowest BCUT2D eigenvalue weighted by Gasteiger charge is -2.04. The zero-order chi connectivity index (χ0) is 17.3. The zero-order valence-electron chi connectivity index (χ0n) is 12.1. The van der Waals surface area contributed by atoms with E-state index in [2.05, 4.69) is 4.98 Å². The van der Waals surface area contributed by atoms with E-state index in [0.717, 1.165) is 0 Å². The van der Waals surface area contributed by atoms with Crippen LogP contribution in [0, 0.1) is 5.82 Å². The minimum atomic E-state index is -0.541. The number of carbonyl (C=O) groups excluding carboxylic acids is 1. The molecule has 0 aliphatic heterocycles. The van der Waals surface area contributed by atoms with Crippen LogP contribution in [0.15, 0.2) is 48.5 Å². The zero-order valence-corrected chi connectivity index (χ0v) is 14.3. The molecule has 1 aromatic heterocycles. The highest BCUT2D eigenvalue weighted by Gasteiger charge is 2.08. The number of nitrogens with zero attached hydrogens (tertiary/aromatic N) is 1. The summed E-state index contributed by atoms with van der Waals surface area (Å²) < 4.78 is 13.6. The van der Waals surface area contributed by atoms with Gasteiger partial charge in [-0.3, -0.25) is 4.79 Å². The molecule has 0 radical (unpaired) electrons. The van der Waals surface area contributed by atoms with Gasteiger partial charge in [-0.25, -0.2) is 9.37 Å². The van der Waals surface area contributed by atoms with Gasteiger partial charge in [0.2, 0.25) is 0 Å². The number of benzene rings is 2. The molecule has 0 aliphatic rings. The van der Waals surface area contributed by atoms with Crippen LogP contribution in [0.25, 0.3) is 17.0 Å². The van der Waals surface area contributed by atoms with Crippen molar-refractivity contribution in [2.45, 2.75) is 0 Å². The van der Waals surface area contributed by atoms with Gasteiger partial charge in [-0.05, 0) is 54.6 Å². The molecule has 0 saturated heterocycles. The van der Waals surface area contributed by atoms with Crippen molar-refractivity contribution in [2.24, 2.45) is 0 Å². The van der Waals surface area contributed by atoms with Gasteiger partial charge in [-0.15, -0.1) is 0 Å². The van der Waals surface area contributed by atoms with Crippen molar-refractivity contribution in [3.63, 3.8) is 0 Å². The molecule has 2 nitrogen and oxygen atoms in total. The molecule has 0 saturated carbocycles. The fourth-order valence-electron chi connectivity index (χ4n) is 2.15. The lowest BCUT2D eigenvalue weighted by atomic mass is 10.1. The maximum absolute atomic E-state index is 13.6. The van der Waals surface area contributed by atoms with Crippen molar-refractivity contribution in [1.29, 1.82) is 0 Å². The van der Waals surface area contributed by atoms with Crippen LogP contribution in [0.1, 0.15) is 15.9 Å². The second kappa shape index (κ2) is 6.89. The van der Waals surface area contributed by atoms with Crippen LogP contribution < -0.4 is 0 Å². The molecule has 2 aromatic carbocycles. The van der Waals surface area contributed by atoms with Crippen molar-refractivity contribution < 1.29 is 9.18 Å². The van der Waals surface area contributed by atoms with Crippen LogP contribution in [0.5, 0.6) is 0 Å². The second-order valence-electron chi connectivity index (χ2n) is 5.03. The van der Waals surface area contributed by atoms with Crippen LogP contribution in [-0.2, 0) is 0 Å². The Morgan fingerprint density at radius 2 is 1.75 bits per heavy atom. The Labute approximate surface area is 152 Å². The number of carbonyl (C=O) groups is 1. The fraction of sp³-hybridized carbons (Fsp3) is 0. The lowest BCUT2D eigenvalue weighted by molar-refractivity contribution is 0.104. The summed E-state index contributed by atoms with van der Waals surface area (Å²) in [4.78, 5) is 16.3. The van der Waals surface area contributed by atoms with E-state index >= 15 is 0 Å². The number of hydrogen-bond acceptors (Lipinski definition) is 2. The molecule has 0 spiro atoms. The summed E-state index contributed by atoms with van der Waals surface area (Å²) in [6.45, 7) is 0. The molecule has 0 fully saturated rings. The van der Waals surface area contributed by atoms with Crippen LogP contribution in [0.4, 0.5) is 4.39 Å². The van der Waals surface area contributed by atoms with Crippen molar-refractivity contribution in [2.75, 3.05) is 0 Å².